The lowest BCUT2D eigenvalue weighted by molar-refractivity contribution is 0.153. The van der Waals surface area contributed by atoms with E-state index in [0.717, 1.165) is 0 Å². The summed E-state index contributed by atoms with van der Waals surface area (Å²) >= 11 is 1.20. The highest BCUT2D eigenvalue weighted by atomic mass is 32.1. The van der Waals surface area contributed by atoms with Gasteiger partial charge in [-0.15, -0.1) is 11.3 Å². The number of benzene rings is 1. The molecular formula is C10H7F3S. The Labute approximate surface area is 83.0 Å². The van der Waals surface area contributed by atoms with Gasteiger partial charge in [-0.05, 0) is 19.1 Å². The molecule has 0 unspecified atom stereocenters. The van der Waals surface area contributed by atoms with E-state index >= 15 is 0 Å². The van der Waals surface area contributed by atoms with Gasteiger partial charge in [-0.25, -0.2) is 13.2 Å². The second-order valence-corrected chi connectivity index (χ2v) is 4.27. The maximum absolute atomic E-state index is 12.8. The fourth-order valence-corrected chi connectivity index (χ4v) is 2.58. The van der Waals surface area contributed by atoms with E-state index in [1.807, 2.05) is 0 Å². The molecule has 0 saturated carbocycles. The summed E-state index contributed by atoms with van der Waals surface area (Å²) in [5, 5.41) is 0.462. The van der Waals surface area contributed by atoms with Gasteiger partial charge in [-0.1, -0.05) is 6.07 Å². The summed E-state index contributed by atoms with van der Waals surface area (Å²) in [7, 11) is 0. The van der Waals surface area contributed by atoms with Crippen LogP contribution in [0, 0.1) is 12.7 Å². The highest BCUT2D eigenvalue weighted by Crippen LogP contribution is 2.37. The number of rotatable bonds is 1. The SMILES string of the molecule is Cc1sc2cc(F)ccc2c1C(F)F. The van der Waals surface area contributed by atoms with Gasteiger partial charge >= 0.3 is 0 Å². The normalized spacial score (nSPS) is 11.5. The van der Waals surface area contributed by atoms with Crippen molar-refractivity contribution in [3.05, 3.63) is 34.5 Å². The zero-order valence-corrected chi connectivity index (χ0v) is 8.17. The number of thiophene rings is 1. The van der Waals surface area contributed by atoms with Gasteiger partial charge in [0.05, 0.1) is 0 Å². The average Bonchev–Trinajstić information content (AvgIpc) is 2.39. The molecule has 0 atom stereocenters. The van der Waals surface area contributed by atoms with Crippen LogP contribution in [0.15, 0.2) is 18.2 Å². The first-order valence-electron chi connectivity index (χ1n) is 4.06. The highest BCUT2D eigenvalue weighted by Gasteiger charge is 2.17. The number of alkyl halides is 2. The van der Waals surface area contributed by atoms with Crippen LogP contribution in [0.5, 0.6) is 0 Å². The van der Waals surface area contributed by atoms with Crippen LogP contribution in [0.4, 0.5) is 13.2 Å². The topological polar surface area (TPSA) is 0 Å². The number of aryl methyl sites for hydroxylation is 1. The lowest BCUT2D eigenvalue weighted by Crippen LogP contribution is -1.83. The predicted molar refractivity (Wildman–Crippen MR) is 51.5 cm³/mol. The molecule has 0 aliphatic carbocycles. The predicted octanol–water partition coefficient (Wildman–Crippen LogP) is 4.29. The molecule has 0 spiro atoms. The summed E-state index contributed by atoms with van der Waals surface area (Å²) in [5.41, 5.74) is 0.0324. The van der Waals surface area contributed by atoms with Gasteiger partial charge in [0.1, 0.15) is 5.82 Å². The largest absolute Gasteiger partial charge is 0.265 e. The van der Waals surface area contributed by atoms with Crippen molar-refractivity contribution in [3.63, 3.8) is 0 Å². The Morgan fingerprint density at radius 2 is 2.00 bits per heavy atom. The molecule has 1 aromatic carbocycles. The van der Waals surface area contributed by atoms with Gasteiger partial charge < -0.3 is 0 Å². The first-order valence-corrected chi connectivity index (χ1v) is 4.88. The lowest BCUT2D eigenvalue weighted by Gasteiger charge is -1.98. The van der Waals surface area contributed by atoms with Crippen LogP contribution in [-0.4, -0.2) is 0 Å². The summed E-state index contributed by atoms with van der Waals surface area (Å²) in [6, 6.07) is 3.91. The molecule has 4 heteroatoms. The number of fused-ring (bicyclic) bond motifs is 1. The Morgan fingerprint density at radius 3 is 2.64 bits per heavy atom. The minimum atomic E-state index is -2.49. The third-order valence-corrected chi connectivity index (χ3v) is 3.18. The molecule has 74 valence electrons. The van der Waals surface area contributed by atoms with Crippen molar-refractivity contribution in [2.75, 3.05) is 0 Å². The quantitative estimate of drug-likeness (QED) is 0.667. The van der Waals surface area contributed by atoms with E-state index in [9.17, 15) is 13.2 Å². The van der Waals surface area contributed by atoms with E-state index in [0.29, 0.717) is 15.0 Å². The van der Waals surface area contributed by atoms with E-state index in [-0.39, 0.29) is 11.4 Å². The van der Waals surface area contributed by atoms with Crippen molar-refractivity contribution in [2.45, 2.75) is 13.3 Å². The van der Waals surface area contributed by atoms with Gasteiger partial charge in [0.15, 0.2) is 0 Å². The van der Waals surface area contributed by atoms with Crippen LogP contribution in [-0.2, 0) is 0 Å². The molecule has 1 heterocycles. The standard InChI is InChI=1S/C10H7F3S/c1-5-9(10(12)13)7-3-2-6(11)4-8(7)14-5/h2-4,10H,1H3. The zero-order valence-electron chi connectivity index (χ0n) is 7.35. The Hall–Kier alpha value is -1.03. The van der Waals surface area contributed by atoms with Crippen molar-refractivity contribution >= 4 is 21.4 Å². The average molecular weight is 216 g/mol. The second kappa shape index (κ2) is 3.28. The Balaban J connectivity index is 2.77. The first kappa shape index (κ1) is 9.52. The summed E-state index contributed by atoms with van der Waals surface area (Å²) < 4.78 is 38.6. The van der Waals surface area contributed by atoms with E-state index in [1.54, 1.807) is 6.92 Å². The monoisotopic (exact) mass is 216 g/mol. The smallest absolute Gasteiger partial charge is 0.207 e. The minimum absolute atomic E-state index is 0.0324. The highest BCUT2D eigenvalue weighted by molar-refractivity contribution is 7.19. The molecule has 0 aliphatic rings. The van der Waals surface area contributed by atoms with Gasteiger partial charge in [-0.2, -0.15) is 0 Å². The molecule has 2 aromatic rings. The zero-order chi connectivity index (χ0) is 10.3. The lowest BCUT2D eigenvalue weighted by atomic mass is 10.1. The van der Waals surface area contributed by atoms with Crippen molar-refractivity contribution in [1.82, 2.24) is 0 Å². The van der Waals surface area contributed by atoms with E-state index in [1.165, 1.54) is 29.5 Å². The maximum Gasteiger partial charge on any atom is 0.265 e. The number of hydrogen-bond acceptors (Lipinski definition) is 1. The molecule has 14 heavy (non-hydrogen) atoms. The molecule has 2 rings (SSSR count). The van der Waals surface area contributed by atoms with Crippen LogP contribution in [0.3, 0.4) is 0 Å². The molecule has 0 amide bonds. The summed E-state index contributed by atoms with van der Waals surface area (Å²) in [4.78, 5) is 0.556. The molecule has 0 bridgehead atoms. The molecule has 0 fully saturated rings. The van der Waals surface area contributed by atoms with E-state index < -0.39 is 6.43 Å². The fraction of sp³-hybridized carbons (Fsp3) is 0.200. The number of halogens is 3. The van der Waals surface area contributed by atoms with Crippen LogP contribution >= 0.6 is 11.3 Å². The van der Waals surface area contributed by atoms with Gasteiger partial charge in [0, 0.05) is 20.5 Å². The fourth-order valence-electron chi connectivity index (χ4n) is 1.48. The maximum atomic E-state index is 12.8. The third kappa shape index (κ3) is 1.39. The van der Waals surface area contributed by atoms with Crippen molar-refractivity contribution in [3.8, 4) is 0 Å². The summed E-state index contributed by atoms with van der Waals surface area (Å²) in [5.74, 6) is -0.389. The molecule has 1 aromatic heterocycles. The Morgan fingerprint density at radius 1 is 1.29 bits per heavy atom. The molecular weight excluding hydrogens is 209 g/mol. The molecule has 0 radical (unpaired) electrons. The Kier molecular flexibility index (Phi) is 2.23. The van der Waals surface area contributed by atoms with Crippen LogP contribution in [0.25, 0.3) is 10.1 Å². The van der Waals surface area contributed by atoms with E-state index in [2.05, 4.69) is 0 Å². The van der Waals surface area contributed by atoms with Crippen molar-refractivity contribution in [1.29, 1.82) is 0 Å². The van der Waals surface area contributed by atoms with Gasteiger partial charge in [-0.3, -0.25) is 0 Å². The summed E-state index contributed by atoms with van der Waals surface area (Å²) in [6.45, 7) is 1.63. The van der Waals surface area contributed by atoms with Gasteiger partial charge in [0.2, 0.25) is 0 Å². The Bertz CT molecular complexity index is 473. The van der Waals surface area contributed by atoms with Crippen LogP contribution < -0.4 is 0 Å². The minimum Gasteiger partial charge on any atom is -0.207 e. The van der Waals surface area contributed by atoms with Crippen LogP contribution in [0.2, 0.25) is 0 Å². The van der Waals surface area contributed by atoms with Gasteiger partial charge in [0.25, 0.3) is 6.43 Å². The third-order valence-electron chi connectivity index (χ3n) is 2.09. The molecule has 0 saturated heterocycles. The summed E-state index contributed by atoms with van der Waals surface area (Å²) in [6.07, 6.45) is -2.49. The molecule has 0 nitrogen and oxygen atoms in total. The van der Waals surface area contributed by atoms with Crippen molar-refractivity contribution < 1.29 is 13.2 Å². The second-order valence-electron chi connectivity index (χ2n) is 3.01. The number of hydrogen-bond donors (Lipinski definition) is 0. The van der Waals surface area contributed by atoms with E-state index in [4.69, 9.17) is 0 Å². The van der Waals surface area contributed by atoms with Crippen molar-refractivity contribution in [2.24, 2.45) is 0 Å². The molecule has 0 aliphatic heterocycles. The van der Waals surface area contributed by atoms with Crippen LogP contribution in [0.1, 0.15) is 16.9 Å². The first-order chi connectivity index (χ1) is 6.59. The molecule has 0 N–H and O–H groups in total.